The molecule has 7 nitrogen and oxygen atoms in total. The molecule has 0 unspecified atom stereocenters. The van der Waals surface area contributed by atoms with Crippen LogP contribution in [0.5, 0.6) is 0 Å². The van der Waals surface area contributed by atoms with E-state index in [1.54, 1.807) is 24.3 Å². The minimum atomic E-state index is -0.427. The summed E-state index contributed by atoms with van der Waals surface area (Å²) in [6, 6.07) is 13.9. The fourth-order valence-corrected chi connectivity index (χ4v) is 2.95. The Hall–Kier alpha value is -3.09. The fourth-order valence-electron chi connectivity index (χ4n) is 2.95. The van der Waals surface area contributed by atoms with E-state index in [1.807, 2.05) is 12.1 Å². The van der Waals surface area contributed by atoms with E-state index in [1.165, 1.54) is 12.1 Å². The molecular weight excluding hydrogens is 308 g/mol. The summed E-state index contributed by atoms with van der Waals surface area (Å²) < 4.78 is 0. The lowest BCUT2D eigenvalue weighted by atomic mass is 10.1. The van der Waals surface area contributed by atoms with Crippen LogP contribution in [0.4, 0.5) is 17.1 Å². The second kappa shape index (κ2) is 6.57. The maximum Gasteiger partial charge on any atom is 0.269 e. The third-order valence-corrected chi connectivity index (χ3v) is 4.22. The molecule has 1 aliphatic rings. The van der Waals surface area contributed by atoms with Crippen LogP contribution in [-0.2, 0) is 0 Å². The zero-order valence-corrected chi connectivity index (χ0v) is 13.1. The summed E-state index contributed by atoms with van der Waals surface area (Å²) in [5, 5.41) is 10.7. The highest BCUT2D eigenvalue weighted by atomic mass is 16.6. The fraction of sp³-hybridized carbons (Fsp3) is 0.235. The molecule has 1 amide bonds. The zero-order valence-electron chi connectivity index (χ0n) is 13.1. The molecular formula is C17H18N4O3. The van der Waals surface area contributed by atoms with E-state index in [2.05, 4.69) is 9.80 Å². The van der Waals surface area contributed by atoms with Gasteiger partial charge in [-0.3, -0.25) is 14.9 Å². The van der Waals surface area contributed by atoms with Gasteiger partial charge in [-0.15, -0.1) is 0 Å². The minimum Gasteiger partial charge on any atom is -0.368 e. The van der Waals surface area contributed by atoms with Gasteiger partial charge in [0.15, 0.2) is 0 Å². The van der Waals surface area contributed by atoms with Crippen LogP contribution < -0.4 is 15.5 Å². The van der Waals surface area contributed by atoms with E-state index in [-0.39, 0.29) is 5.69 Å². The lowest BCUT2D eigenvalue weighted by molar-refractivity contribution is -0.384. The van der Waals surface area contributed by atoms with Crippen molar-refractivity contribution in [1.29, 1.82) is 0 Å². The minimum absolute atomic E-state index is 0.0905. The normalized spacial score (nSPS) is 14.5. The predicted molar refractivity (Wildman–Crippen MR) is 92.5 cm³/mol. The van der Waals surface area contributed by atoms with Gasteiger partial charge in [-0.05, 0) is 24.3 Å². The van der Waals surface area contributed by atoms with Gasteiger partial charge in [0.2, 0.25) is 0 Å². The summed E-state index contributed by atoms with van der Waals surface area (Å²) in [5.41, 5.74) is 7.88. The summed E-state index contributed by atoms with van der Waals surface area (Å²) >= 11 is 0. The number of amides is 1. The van der Waals surface area contributed by atoms with E-state index in [0.717, 1.165) is 37.6 Å². The molecule has 0 atom stereocenters. The van der Waals surface area contributed by atoms with Crippen molar-refractivity contribution in [3.8, 4) is 0 Å². The van der Waals surface area contributed by atoms with Crippen molar-refractivity contribution < 1.29 is 9.72 Å². The van der Waals surface area contributed by atoms with Gasteiger partial charge < -0.3 is 15.5 Å². The number of non-ortho nitro benzene ring substituents is 1. The molecule has 0 aromatic heterocycles. The number of nitro benzene ring substituents is 1. The lowest BCUT2D eigenvalue weighted by Crippen LogP contribution is -2.47. The van der Waals surface area contributed by atoms with Gasteiger partial charge >= 0.3 is 0 Å². The number of carbonyl (C=O) groups excluding carboxylic acids is 1. The van der Waals surface area contributed by atoms with Gasteiger partial charge in [-0.2, -0.15) is 0 Å². The molecule has 1 aliphatic heterocycles. The number of piperazine rings is 1. The van der Waals surface area contributed by atoms with Crippen LogP contribution in [0.2, 0.25) is 0 Å². The Morgan fingerprint density at radius 1 is 0.958 bits per heavy atom. The molecule has 0 aliphatic carbocycles. The van der Waals surface area contributed by atoms with Crippen LogP contribution >= 0.6 is 0 Å². The third-order valence-electron chi connectivity index (χ3n) is 4.22. The molecule has 7 heteroatoms. The molecule has 24 heavy (non-hydrogen) atoms. The Morgan fingerprint density at radius 2 is 1.54 bits per heavy atom. The molecule has 2 aromatic carbocycles. The Balaban J connectivity index is 1.70. The van der Waals surface area contributed by atoms with E-state index < -0.39 is 10.8 Å². The number of carbonyl (C=O) groups is 1. The Labute approximate surface area is 139 Å². The number of para-hydroxylation sites is 1. The van der Waals surface area contributed by atoms with Gasteiger partial charge in [0.05, 0.1) is 10.5 Å². The molecule has 1 fully saturated rings. The predicted octanol–water partition coefficient (Wildman–Crippen LogP) is 2.02. The highest BCUT2D eigenvalue weighted by Gasteiger charge is 2.21. The van der Waals surface area contributed by atoms with Gasteiger partial charge in [0.25, 0.3) is 11.6 Å². The summed E-state index contributed by atoms with van der Waals surface area (Å²) in [6.45, 7) is 3.04. The van der Waals surface area contributed by atoms with Crippen LogP contribution in [0.25, 0.3) is 0 Å². The van der Waals surface area contributed by atoms with Crippen molar-refractivity contribution in [2.45, 2.75) is 0 Å². The Kier molecular flexibility index (Phi) is 4.33. The van der Waals surface area contributed by atoms with E-state index in [9.17, 15) is 14.9 Å². The average Bonchev–Trinajstić information content (AvgIpc) is 2.62. The summed E-state index contributed by atoms with van der Waals surface area (Å²) in [4.78, 5) is 26.2. The van der Waals surface area contributed by atoms with Gasteiger partial charge in [0.1, 0.15) is 0 Å². The highest BCUT2D eigenvalue weighted by Crippen LogP contribution is 2.24. The molecule has 1 saturated heterocycles. The number of hydrogen-bond donors (Lipinski definition) is 1. The number of rotatable bonds is 4. The lowest BCUT2D eigenvalue weighted by Gasteiger charge is -2.37. The van der Waals surface area contributed by atoms with Gasteiger partial charge in [-0.1, -0.05) is 12.1 Å². The molecule has 0 radical (unpaired) electrons. The molecule has 0 bridgehead atoms. The highest BCUT2D eigenvalue weighted by molar-refractivity contribution is 5.98. The summed E-state index contributed by atoms with van der Waals surface area (Å²) in [5.74, 6) is -0.427. The molecule has 0 spiro atoms. The van der Waals surface area contributed by atoms with Crippen molar-refractivity contribution in [3.63, 3.8) is 0 Å². The first kappa shape index (κ1) is 15.8. The van der Waals surface area contributed by atoms with Crippen LogP contribution in [0.15, 0.2) is 48.5 Å². The standard InChI is InChI=1S/C17H18N4O3/c18-17(22)15-3-1-2-4-16(15)20-11-9-19(10-12-20)13-5-7-14(8-6-13)21(23)24/h1-8H,9-12H2,(H2,18,22). The number of nitrogens with two attached hydrogens (primary N) is 1. The second-order valence-corrected chi connectivity index (χ2v) is 5.63. The Bertz CT molecular complexity index is 753. The van der Waals surface area contributed by atoms with Gasteiger partial charge in [0, 0.05) is 49.7 Å². The smallest absolute Gasteiger partial charge is 0.269 e. The SMILES string of the molecule is NC(=O)c1ccccc1N1CCN(c2ccc([N+](=O)[O-])cc2)CC1. The Morgan fingerprint density at radius 3 is 2.12 bits per heavy atom. The van der Waals surface area contributed by atoms with Crippen LogP contribution in [-0.4, -0.2) is 37.0 Å². The van der Waals surface area contributed by atoms with Gasteiger partial charge in [-0.25, -0.2) is 0 Å². The molecule has 1 heterocycles. The monoisotopic (exact) mass is 326 g/mol. The second-order valence-electron chi connectivity index (χ2n) is 5.63. The quantitative estimate of drug-likeness (QED) is 0.685. The number of anilines is 2. The van der Waals surface area contributed by atoms with Crippen molar-refractivity contribution in [2.24, 2.45) is 5.73 Å². The van der Waals surface area contributed by atoms with Crippen molar-refractivity contribution in [1.82, 2.24) is 0 Å². The first-order valence-electron chi connectivity index (χ1n) is 7.69. The molecule has 3 rings (SSSR count). The number of nitro groups is 1. The largest absolute Gasteiger partial charge is 0.368 e. The van der Waals surface area contributed by atoms with E-state index >= 15 is 0 Å². The topological polar surface area (TPSA) is 92.7 Å². The van der Waals surface area contributed by atoms with Crippen LogP contribution in [0.1, 0.15) is 10.4 Å². The molecule has 2 N–H and O–H groups in total. The van der Waals surface area contributed by atoms with Crippen molar-refractivity contribution in [2.75, 3.05) is 36.0 Å². The van der Waals surface area contributed by atoms with Crippen molar-refractivity contribution >= 4 is 23.0 Å². The molecule has 2 aromatic rings. The maximum absolute atomic E-state index is 11.6. The number of nitrogens with zero attached hydrogens (tertiary/aromatic N) is 3. The molecule has 0 saturated carbocycles. The number of benzene rings is 2. The van der Waals surface area contributed by atoms with Crippen LogP contribution in [0, 0.1) is 10.1 Å². The first-order valence-corrected chi connectivity index (χ1v) is 7.69. The average molecular weight is 326 g/mol. The van der Waals surface area contributed by atoms with E-state index in [4.69, 9.17) is 5.73 Å². The van der Waals surface area contributed by atoms with E-state index in [0.29, 0.717) is 5.56 Å². The third kappa shape index (κ3) is 3.15. The van der Waals surface area contributed by atoms with Crippen LogP contribution in [0.3, 0.4) is 0 Å². The zero-order chi connectivity index (χ0) is 17.1. The summed E-state index contributed by atoms with van der Waals surface area (Å²) in [7, 11) is 0. The number of primary amides is 1. The first-order chi connectivity index (χ1) is 11.6. The summed E-state index contributed by atoms with van der Waals surface area (Å²) in [6.07, 6.45) is 0. The number of hydrogen-bond acceptors (Lipinski definition) is 5. The van der Waals surface area contributed by atoms with Crippen molar-refractivity contribution in [3.05, 3.63) is 64.2 Å². The maximum atomic E-state index is 11.6. The molecule has 124 valence electrons.